The zero-order valence-electron chi connectivity index (χ0n) is 8.99. The standard InChI is InChI=1S/C11H18N2O/c1-3-9-4-6-10(7-5-9)11-12-8(2)13-14-11/h9-10H,3-7H2,1-2H3/t9-,10-. The maximum atomic E-state index is 5.21. The van der Waals surface area contributed by atoms with Gasteiger partial charge in [0.2, 0.25) is 5.89 Å². The van der Waals surface area contributed by atoms with E-state index in [0.29, 0.717) is 5.92 Å². The van der Waals surface area contributed by atoms with Gasteiger partial charge in [0.25, 0.3) is 0 Å². The lowest BCUT2D eigenvalue weighted by Gasteiger charge is -2.25. The van der Waals surface area contributed by atoms with Crippen LogP contribution in [0.25, 0.3) is 0 Å². The molecule has 14 heavy (non-hydrogen) atoms. The first-order valence-corrected chi connectivity index (χ1v) is 5.59. The molecular weight excluding hydrogens is 176 g/mol. The number of hydrogen-bond donors (Lipinski definition) is 0. The lowest BCUT2D eigenvalue weighted by Crippen LogP contribution is -2.12. The van der Waals surface area contributed by atoms with Crippen LogP contribution in [0.5, 0.6) is 0 Å². The first-order chi connectivity index (χ1) is 6.79. The van der Waals surface area contributed by atoms with E-state index >= 15 is 0 Å². The predicted molar refractivity (Wildman–Crippen MR) is 54.0 cm³/mol. The Morgan fingerprint density at radius 2 is 2.00 bits per heavy atom. The third kappa shape index (κ3) is 1.97. The first-order valence-electron chi connectivity index (χ1n) is 5.59. The summed E-state index contributed by atoms with van der Waals surface area (Å²) in [6.07, 6.45) is 6.40. The highest BCUT2D eigenvalue weighted by atomic mass is 16.5. The summed E-state index contributed by atoms with van der Waals surface area (Å²) in [6.45, 7) is 4.16. The monoisotopic (exact) mass is 194 g/mol. The molecule has 3 heteroatoms. The molecule has 0 aliphatic heterocycles. The molecule has 1 aliphatic carbocycles. The minimum Gasteiger partial charge on any atom is -0.339 e. The molecule has 0 saturated heterocycles. The molecule has 78 valence electrons. The van der Waals surface area contributed by atoms with Crippen LogP contribution in [0.15, 0.2) is 4.52 Å². The predicted octanol–water partition coefficient (Wildman–Crippen LogP) is 3.06. The van der Waals surface area contributed by atoms with E-state index in [4.69, 9.17) is 4.52 Å². The van der Waals surface area contributed by atoms with Gasteiger partial charge in [0.05, 0.1) is 0 Å². The summed E-state index contributed by atoms with van der Waals surface area (Å²) >= 11 is 0. The van der Waals surface area contributed by atoms with Gasteiger partial charge in [0.1, 0.15) is 0 Å². The van der Waals surface area contributed by atoms with Crippen molar-refractivity contribution in [1.29, 1.82) is 0 Å². The highest BCUT2D eigenvalue weighted by molar-refractivity contribution is 4.94. The Bertz CT molecular complexity index is 287. The molecule has 2 rings (SSSR count). The molecule has 1 fully saturated rings. The Kier molecular flexibility index (Phi) is 2.85. The van der Waals surface area contributed by atoms with Crippen LogP contribution < -0.4 is 0 Å². The van der Waals surface area contributed by atoms with Gasteiger partial charge in [-0.05, 0) is 38.5 Å². The van der Waals surface area contributed by atoms with Crippen molar-refractivity contribution in [2.75, 3.05) is 0 Å². The van der Waals surface area contributed by atoms with Gasteiger partial charge in [-0.1, -0.05) is 18.5 Å². The number of aryl methyl sites for hydroxylation is 1. The summed E-state index contributed by atoms with van der Waals surface area (Å²) < 4.78 is 5.21. The molecule has 0 atom stereocenters. The van der Waals surface area contributed by atoms with Gasteiger partial charge >= 0.3 is 0 Å². The maximum absolute atomic E-state index is 5.21. The molecule has 0 radical (unpaired) electrons. The minimum atomic E-state index is 0.527. The van der Waals surface area contributed by atoms with Crippen molar-refractivity contribution < 1.29 is 4.52 Å². The second-order valence-electron chi connectivity index (χ2n) is 4.31. The third-order valence-corrected chi connectivity index (χ3v) is 3.32. The Labute approximate surface area is 84.9 Å². The van der Waals surface area contributed by atoms with Gasteiger partial charge in [0.15, 0.2) is 5.82 Å². The molecule has 1 aliphatic rings. The van der Waals surface area contributed by atoms with Crippen molar-refractivity contribution >= 4 is 0 Å². The second-order valence-corrected chi connectivity index (χ2v) is 4.31. The van der Waals surface area contributed by atoms with E-state index in [1.165, 1.54) is 32.1 Å². The lowest BCUT2D eigenvalue weighted by molar-refractivity contribution is 0.267. The number of hydrogen-bond acceptors (Lipinski definition) is 3. The number of nitrogens with zero attached hydrogens (tertiary/aromatic N) is 2. The summed E-state index contributed by atoms with van der Waals surface area (Å²) in [5, 5.41) is 3.84. The van der Waals surface area contributed by atoms with E-state index in [0.717, 1.165) is 17.6 Å². The van der Waals surface area contributed by atoms with Crippen LogP contribution in [0.1, 0.15) is 56.7 Å². The normalized spacial score (nSPS) is 27.9. The topological polar surface area (TPSA) is 38.9 Å². The molecule has 0 aromatic carbocycles. The molecule has 1 aromatic rings. The van der Waals surface area contributed by atoms with Crippen LogP contribution >= 0.6 is 0 Å². The average Bonchev–Trinajstić information content (AvgIpc) is 2.65. The minimum absolute atomic E-state index is 0.527. The van der Waals surface area contributed by atoms with Crippen LogP contribution in [0.4, 0.5) is 0 Å². The van der Waals surface area contributed by atoms with E-state index in [9.17, 15) is 0 Å². The number of aromatic nitrogens is 2. The molecular formula is C11H18N2O. The van der Waals surface area contributed by atoms with Crippen LogP contribution in [-0.4, -0.2) is 10.1 Å². The van der Waals surface area contributed by atoms with Gasteiger partial charge in [-0.3, -0.25) is 0 Å². The van der Waals surface area contributed by atoms with Crippen LogP contribution in [-0.2, 0) is 0 Å². The van der Waals surface area contributed by atoms with E-state index in [-0.39, 0.29) is 0 Å². The van der Waals surface area contributed by atoms with E-state index in [1.54, 1.807) is 0 Å². The molecule has 0 amide bonds. The fraction of sp³-hybridized carbons (Fsp3) is 0.818. The summed E-state index contributed by atoms with van der Waals surface area (Å²) in [6, 6.07) is 0. The molecule has 1 aromatic heterocycles. The first kappa shape index (κ1) is 9.69. The highest BCUT2D eigenvalue weighted by Gasteiger charge is 2.24. The van der Waals surface area contributed by atoms with Crippen molar-refractivity contribution in [3.8, 4) is 0 Å². The zero-order valence-corrected chi connectivity index (χ0v) is 8.99. The molecule has 1 heterocycles. The SMILES string of the molecule is CC[C@H]1CC[C@H](c2nc(C)no2)CC1. The third-order valence-electron chi connectivity index (χ3n) is 3.32. The summed E-state index contributed by atoms with van der Waals surface area (Å²) in [4.78, 5) is 4.31. The van der Waals surface area contributed by atoms with Gasteiger partial charge < -0.3 is 4.52 Å². The van der Waals surface area contributed by atoms with Gasteiger partial charge in [-0.2, -0.15) is 4.98 Å². The summed E-state index contributed by atoms with van der Waals surface area (Å²) in [5.41, 5.74) is 0. The van der Waals surface area contributed by atoms with E-state index < -0.39 is 0 Å². The van der Waals surface area contributed by atoms with Crippen molar-refractivity contribution in [3.63, 3.8) is 0 Å². The quantitative estimate of drug-likeness (QED) is 0.726. The van der Waals surface area contributed by atoms with E-state index in [1.807, 2.05) is 6.92 Å². The molecule has 0 unspecified atom stereocenters. The molecule has 0 N–H and O–H groups in total. The molecule has 3 nitrogen and oxygen atoms in total. The Balaban J connectivity index is 1.95. The van der Waals surface area contributed by atoms with Crippen molar-refractivity contribution in [3.05, 3.63) is 11.7 Å². The van der Waals surface area contributed by atoms with Gasteiger partial charge in [-0.25, -0.2) is 0 Å². The Morgan fingerprint density at radius 1 is 1.29 bits per heavy atom. The van der Waals surface area contributed by atoms with Crippen molar-refractivity contribution in [1.82, 2.24) is 10.1 Å². The molecule has 0 spiro atoms. The van der Waals surface area contributed by atoms with E-state index in [2.05, 4.69) is 17.1 Å². The maximum Gasteiger partial charge on any atom is 0.229 e. The number of rotatable bonds is 2. The van der Waals surface area contributed by atoms with Crippen LogP contribution in [0.2, 0.25) is 0 Å². The average molecular weight is 194 g/mol. The smallest absolute Gasteiger partial charge is 0.229 e. The summed E-state index contributed by atoms with van der Waals surface area (Å²) in [7, 11) is 0. The Hall–Kier alpha value is -0.860. The lowest BCUT2D eigenvalue weighted by atomic mass is 9.81. The van der Waals surface area contributed by atoms with Crippen LogP contribution in [0.3, 0.4) is 0 Å². The fourth-order valence-electron chi connectivity index (χ4n) is 2.30. The van der Waals surface area contributed by atoms with Crippen molar-refractivity contribution in [2.24, 2.45) is 5.92 Å². The largest absolute Gasteiger partial charge is 0.339 e. The fourth-order valence-corrected chi connectivity index (χ4v) is 2.30. The highest BCUT2D eigenvalue weighted by Crippen LogP contribution is 2.35. The molecule has 1 saturated carbocycles. The zero-order chi connectivity index (χ0) is 9.97. The van der Waals surface area contributed by atoms with Crippen LogP contribution in [0, 0.1) is 12.8 Å². The van der Waals surface area contributed by atoms with Gasteiger partial charge in [-0.15, -0.1) is 0 Å². The van der Waals surface area contributed by atoms with Gasteiger partial charge in [0, 0.05) is 5.92 Å². The Morgan fingerprint density at radius 3 is 2.50 bits per heavy atom. The second kappa shape index (κ2) is 4.11. The molecule has 0 bridgehead atoms. The van der Waals surface area contributed by atoms with Crippen molar-refractivity contribution in [2.45, 2.75) is 51.9 Å². The summed E-state index contributed by atoms with van der Waals surface area (Å²) in [5.74, 6) is 3.07.